The monoisotopic (exact) mass is 369 g/mol. The zero-order valence-corrected chi connectivity index (χ0v) is 14.7. The maximum atomic E-state index is 12.1. The SMILES string of the molecule is CCOc1ccccc1NC(=O)NCCn1nc(-n2cncn2)ccc1=O. The molecule has 10 heteroatoms. The van der Waals surface area contributed by atoms with Gasteiger partial charge in [0.25, 0.3) is 5.56 Å². The van der Waals surface area contributed by atoms with Gasteiger partial charge in [0, 0.05) is 12.6 Å². The lowest BCUT2D eigenvalue weighted by molar-refractivity contribution is 0.251. The smallest absolute Gasteiger partial charge is 0.319 e. The summed E-state index contributed by atoms with van der Waals surface area (Å²) in [5.41, 5.74) is 0.295. The van der Waals surface area contributed by atoms with Crippen molar-refractivity contribution in [1.82, 2.24) is 29.9 Å². The quantitative estimate of drug-likeness (QED) is 0.643. The number of nitrogens with zero attached hydrogens (tertiary/aromatic N) is 5. The zero-order chi connectivity index (χ0) is 19.1. The van der Waals surface area contributed by atoms with Gasteiger partial charge in [-0.25, -0.2) is 19.1 Å². The van der Waals surface area contributed by atoms with Crippen LogP contribution in [0.15, 0.2) is 53.8 Å². The number of para-hydroxylation sites is 2. The summed E-state index contributed by atoms with van der Waals surface area (Å²) in [6.45, 7) is 2.80. The van der Waals surface area contributed by atoms with Gasteiger partial charge < -0.3 is 15.4 Å². The second kappa shape index (κ2) is 8.61. The fraction of sp³-hybridized carbons (Fsp3) is 0.235. The summed E-state index contributed by atoms with van der Waals surface area (Å²) >= 11 is 0. The standard InChI is InChI=1S/C17H19N7O3/c1-2-27-14-6-4-3-5-13(14)21-17(26)19-9-10-23-16(25)8-7-15(22-23)24-12-18-11-20-24/h3-8,11-12H,2,9-10H2,1H3,(H2,19,21,26). The van der Waals surface area contributed by atoms with Gasteiger partial charge in [-0.05, 0) is 25.1 Å². The minimum atomic E-state index is -0.400. The van der Waals surface area contributed by atoms with Crippen LogP contribution in [0.4, 0.5) is 10.5 Å². The molecule has 0 saturated heterocycles. The highest BCUT2D eigenvalue weighted by atomic mass is 16.5. The Labute approximate surface area is 154 Å². The van der Waals surface area contributed by atoms with Crippen LogP contribution in [0.3, 0.4) is 0 Å². The van der Waals surface area contributed by atoms with E-state index in [1.165, 1.54) is 28.1 Å². The molecule has 0 bridgehead atoms. The van der Waals surface area contributed by atoms with Crippen molar-refractivity contribution in [1.29, 1.82) is 0 Å². The lowest BCUT2D eigenvalue weighted by atomic mass is 10.3. The van der Waals surface area contributed by atoms with Crippen LogP contribution >= 0.6 is 0 Å². The predicted molar refractivity (Wildman–Crippen MR) is 98.0 cm³/mol. The summed E-state index contributed by atoms with van der Waals surface area (Å²) in [6, 6.07) is 9.70. The van der Waals surface area contributed by atoms with E-state index in [0.29, 0.717) is 23.9 Å². The first-order chi connectivity index (χ1) is 13.2. The second-order valence-electron chi connectivity index (χ2n) is 5.40. The fourth-order valence-electron chi connectivity index (χ4n) is 2.34. The number of amides is 2. The molecule has 27 heavy (non-hydrogen) atoms. The van der Waals surface area contributed by atoms with E-state index in [2.05, 4.69) is 25.8 Å². The Morgan fingerprint density at radius 2 is 2.07 bits per heavy atom. The average Bonchev–Trinajstić information content (AvgIpc) is 3.20. The van der Waals surface area contributed by atoms with Gasteiger partial charge in [0.1, 0.15) is 18.4 Å². The summed E-state index contributed by atoms with van der Waals surface area (Å²) < 4.78 is 8.17. The van der Waals surface area contributed by atoms with Crippen LogP contribution in [0.2, 0.25) is 0 Å². The van der Waals surface area contributed by atoms with Gasteiger partial charge in [0.15, 0.2) is 5.82 Å². The van der Waals surface area contributed by atoms with E-state index in [1.807, 2.05) is 13.0 Å². The summed E-state index contributed by atoms with van der Waals surface area (Å²) in [5.74, 6) is 1.05. The van der Waals surface area contributed by atoms with Crippen LogP contribution in [0.25, 0.3) is 5.82 Å². The van der Waals surface area contributed by atoms with E-state index >= 15 is 0 Å². The largest absolute Gasteiger partial charge is 0.492 e. The van der Waals surface area contributed by atoms with Crippen LogP contribution in [0.5, 0.6) is 5.75 Å². The third kappa shape index (κ3) is 4.69. The first-order valence-electron chi connectivity index (χ1n) is 8.37. The zero-order valence-electron chi connectivity index (χ0n) is 14.7. The first kappa shape index (κ1) is 18.1. The lowest BCUT2D eigenvalue weighted by Gasteiger charge is -2.12. The molecule has 3 aromatic rings. The summed E-state index contributed by atoms with van der Waals surface area (Å²) in [4.78, 5) is 27.9. The molecule has 0 saturated carbocycles. The minimum Gasteiger partial charge on any atom is -0.492 e. The number of urea groups is 1. The molecule has 0 aliphatic carbocycles. The molecule has 2 aromatic heterocycles. The Morgan fingerprint density at radius 3 is 2.85 bits per heavy atom. The van der Waals surface area contributed by atoms with Crippen LogP contribution in [0, 0.1) is 0 Å². The van der Waals surface area contributed by atoms with Crippen molar-refractivity contribution in [3.8, 4) is 11.6 Å². The Balaban J connectivity index is 1.58. The maximum absolute atomic E-state index is 12.1. The number of benzene rings is 1. The number of ether oxygens (including phenoxy) is 1. The molecular weight excluding hydrogens is 350 g/mol. The maximum Gasteiger partial charge on any atom is 0.319 e. The molecular formula is C17H19N7O3. The molecule has 2 N–H and O–H groups in total. The lowest BCUT2D eigenvalue weighted by Crippen LogP contribution is -2.34. The number of anilines is 1. The molecule has 140 valence electrons. The van der Waals surface area contributed by atoms with E-state index in [-0.39, 0.29) is 18.6 Å². The van der Waals surface area contributed by atoms with E-state index in [4.69, 9.17) is 4.74 Å². The van der Waals surface area contributed by atoms with Gasteiger partial charge in [-0.3, -0.25) is 4.79 Å². The number of aromatic nitrogens is 5. The van der Waals surface area contributed by atoms with Gasteiger partial charge in [-0.15, -0.1) is 5.10 Å². The molecule has 0 radical (unpaired) electrons. The number of carbonyl (C=O) groups excluding carboxylic acids is 1. The summed E-state index contributed by atoms with van der Waals surface area (Å²) in [6.07, 6.45) is 2.86. The molecule has 0 aliphatic heterocycles. The van der Waals surface area contributed by atoms with E-state index in [1.54, 1.807) is 24.3 Å². The molecule has 0 unspecified atom stereocenters. The van der Waals surface area contributed by atoms with Crippen molar-refractivity contribution in [3.05, 3.63) is 59.4 Å². The second-order valence-corrected chi connectivity index (χ2v) is 5.40. The molecule has 0 spiro atoms. The molecule has 0 fully saturated rings. The number of carbonyl (C=O) groups is 1. The normalized spacial score (nSPS) is 10.4. The molecule has 2 amide bonds. The van der Waals surface area contributed by atoms with Gasteiger partial charge in [0.05, 0.1) is 18.8 Å². The Morgan fingerprint density at radius 1 is 1.22 bits per heavy atom. The van der Waals surface area contributed by atoms with E-state index in [9.17, 15) is 9.59 Å². The Kier molecular flexibility index (Phi) is 5.77. The third-order valence-corrected chi connectivity index (χ3v) is 3.55. The highest BCUT2D eigenvalue weighted by Gasteiger charge is 2.08. The van der Waals surface area contributed by atoms with Crippen LogP contribution in [-0.4, -0.2) is 43.7 Å². The molecule has 0 aliphatic rings. The number of hydrogen-bond donors (Lipinski definition) is 2. The summed E-state index contributed by atoms with van der Waals surface area (Å²) in [7, 11) is 0. The molecule has 0 atom stereocenters. The van der Waals surface area contributed by atoms with Gasteiger partial charge >= 0.3 is 6.03 Å². The molecule has 3 rings (SSSR count). The van der Waals surface area contributed by atoms with Crippen LogP contribution < -0.4 is 20.9 Å². The summed E-state index contributed by atoms with van der Waals surface area (Å²) in [5, 5.41) is 13.6. The van der Waals surface area contributed by atoms with E-state index < -0.39 is 6.03 Å². The number of rotatable bonds is 7. The van der Waals surface area contributed by atoms with Crippen molar-refractivity contribution in [2.75, 3.05) is 18.5 Å². The Hall–Kier alpha value is -3.69. The van der Waals surface area contributed by atoms with Crippen molar-refractivity contribution in [2.45, 2.75) is 13.5 Å². The number of hydrogen-bond acceptors (Lipinski definition) is 6. The highest BCUT2D eigenvalue weighted by Crippen LogP contribution is 2.23. The average molecular weight is 369 g/mol. The molecule has 10 nitrogen and oxygen atoms in total. The number of nitrogens with one attached hydrogen (secondary N) is 2. The van der Waals surface area contributed by atoms with Gasteiger partial charge in [-0.2, -0.15) is 5.10 Å². The van der Waals surface area contributed by atoms with Crippen molar-refractivity contribution >= 4 is 11.7 Å². The van der Waals surface area contributed by atoms with Crippen LogP contribution in [0.1, 0.15) is 6.92 Å². The van der Waals surface area contributed by atoms with Crippen molar-refractivity contribution in [3.63, 3.8) is 0 Å². The van der Waals surface area contributed by atoms with E-state index in [0.717, 1.165) is 0 Å². The third-order valence-electron chi connectivity index (χ3n) is 3.55. The minimum absolute atomic E-state index is 0.210. The highest BCUT2D eigenvalue weighted by molar-refractivity contribution is 5.90. The first-order valence-corrected chi connectivity index (χ1v) is 8.37. The predicted octanol–water partition coefficient (Wildman–Crippen LogP) is 1.04. The molecule has 2 heterocycles. The molecule has 1 aromatic carbocycles. The van der Waals surface area contributed by atoms with Gasteiger partial charge in [-0.1, -0.05) is 12.1 Å². The van der Waals surface area contributed by atoms with Gasteiger partial charge in [0.2, 0.25) is 0 Å². The fourth-order valence-corrected chi connectivity index (χ4v) is 2.34. The van der Waals surface area contributed by atoms with Crippen molar-refractivity contribution in [2.24, 2.45) is 0 Å². The Bertz CT molecular complexity index is 953. The topological polar surface area (TPSA) is 116 Å². The van der Waals surface area contributed by atoms with Crippen LogP contribution in [-0.2, 0) is 6.54 Å². The van der Waals surface area contributed by atoms with Crippen molar-refractivity contribution < 1.29 is 9.53 Å².